The van der Waals surface area contributed by atoms with E-state index in [1.807, 2.05) is 0 Å². The molecule has 0 saturated carbocycles. The molecule has 0 fully saturated rings. The van der Waals surface area contributed by atoms with Gasteiger partial charge in [-0.25, -0.2) is 0 Å². The molecule has 0 aliphatic rings. The molecule has 0 aromatic heterocycles. The fourth-order valence-corrected chi connectivity index (χ4v) is 0. The minimum absolute atomic E-state index is 0. The second kappa shape index (κ2) is 217. The molecule has 0 heterocycles. The Bertz CT molecular complexity index is 12.9. The molecule has 0 bridgehead atoms. The van der Waals surface area contributed by atoms with Crippen molar-refractivity contribution in [3.05, 3.63) is 0 Å². The maximum atomic E-state index is 0. The van der Waals surface area contributed by atoms with Gasteiger partial charge in [0, 0.05) is 0 Å². The summed E-state index contributed by atoms with van der Waals surface area (Å²) in [5.74, 6) is 0. The maximum absolute atomic E-state index is 0. The first-order chi connectivity index (χ1) is 0. The third-order valence-electron chi connectivity index (χ3n) is 0. The Labute approximate surface area is 95.7 Å². The molecule has 0 spiro atoms. The molecule has 0 amide bonds. The predicted molar refractivity (Wildman–Crippen MR) is 14.9 cm³/mol. The normalized spacial score (nSPS) is 0. The van der Waals surface area contributed by atoms with Crippen molar-refractivity contribution in [2.45, 2.75) is 0 Å². The van der Waals surface area contributed by atoms with E-state index in [0.29, 0.717) is 0 Å². The largest absolute Gasteiger partial charge is 3.00 e. The van der Waals surface area contributed by atoms with E-state index >= 15 is 0 Å². The van der Waals surface area contributed by atoms with Gasteiger partial charge in [0.1, 0.15) is 0 Å². The Balaban J connectivity index is 0. The van der Waals surface area contributed by atoms with Gasteiger partial charge in [-0.05, 0) is 0 Å². The van der Waals surface area contributed by atoms with Crippen LogP contribution in [0.25, 0.3) is 0 Å². The first kappa shape index (κ1) is 295. The van der Waals surface area contributed by atoms with Crippen LogP contribution in [0.5, 0.6) is 0 Å². The summed E-state index contributed by atoms with van der Waals surface area (Å²) in [5, 5.41) is 0. The summed E-state index contributed by atoms with van der Waals surface area (Å²) in [4.78, 5) is 0. The molecule has 0 aromatic rings. The second-order valence-electron chi connectivity index (χ2n) is 0. The van der Waals surface area contributed by atoms with Crippen LogP contribution in [0.2, 0.25) is 0 Å². The zero-order chi connectivity index (χ0) is 0. The summed E-state index contributed by atoms with van der Waals surface area (Å²) in [6, 6.07) is 0. The van der Waals surface area contributed by atoms with Crippen LogP contribution >= 0.6 is 0 Å². The third-order valence-corrected chi connectivity index (χ3v) is 0. The van der Waals surface area contributed by atoms with Gasteiger partial charge in [0.15, 0.2) is 0 Å². The van der Waals surface area contributed by atoms with Gasteiger partial charge >= 0.3 is 68.9 Å². The molecule has 0 aliphatic carbocycles. The smallest absolute Gasteiger partial charge is 2.00 e. The van der Waals surface area contributed by atoms with Crippen LogP contribution < -0.4 is 0 Å². The van der Waals surface area contributed by atoms with E-state index in [9.17, 15) is 0 Å². The zero-order valence-electron chi connectivity index (χ0n) is 3.90. The van der Waals surface area contributed by atoms with Crippen molar-refractivity contribution >= 4 is 34.7 Å². The summed E-state index contributed by atoms with van der Waals surface area (Å²) < 4.78 is 0. The summed E-state index contributed by atoms with van der Waals surface area (Å²) >= 11 is 0. The van der Waals surface area contributed by atoms with E-state index in [4.69, 9.17) is 0 Å². The van der Waals surface area contributed by atoms with Crippen LogP contribution in [-0.4, -0.2) is 34.7 Å². The van der Waals surface area contributed by atoms with Crippen LogP contribution in [0.15, 0.2) is 0 Å². The minimum Gasteiger partial charge on any atom is -2.00 e. The van der Waals surface area contributed by atoms with Crippen molar-refractivity contribution in [2.75, 3.05) is 0 Å². The molecular formula is Al2Fe2O5. The van der Waals surface area contributed by atoms with Crippen molar-refractivity contribution in [2.24, 2.45) is 0 Å². The topological polar surface area (TPSA) is 142 Å². The first-order valence-electron chi connectivity index (χ1n) is 0. The van der Waals surface area contributed by atoms with Gasteiger partial charge in [-0.2, -0.15) is 0 Å². The molecule has 9 heteroatoms. The summed E-state index contributed by atoms with van der Waals surface area (Å²) in [6.07, 6.45) is 0. The van der Waals surface area contributed by atoms with Crippen LogP contribution in [0.3, 0.4) is 0 Å². The quantitative estimate of drug-likeness (QED) is 0.465. The molecule has 0 rings (SSSR count). The number of hydrogen-bond donors (Lipinski definition) is 0. The Morgan fingerprint density at radius 3 is 0.333 bits per heavy atom. The molecule has 0 aliphatic heterocycles. The molecule has 0 saturated heterocycles. The van der Waals surface area contributed by atoms with Gasteiger partial charge in [-0.15, -0.1) is 0 Å². The van der Waals surface area contributed by atoms with E-state index in [1.54, 1.807) is 0 Å². The Kier molecular flexibility index (Phi) is 7100. The van der Waals surface area contributed by atoms with Gasteiger partial charge in [0.25, 0.3) is 0 Å². The molecule has 0 radical (unpaired) electrons. The van der Waals surface area contributed by atoms with Gasteiger partial charge in [0.05, 0.1) is 0 Å². The molecular weight excluding hydrogens is 246 g/mol. The standard InChI is InChI=1S/2Al.2Fe.5O/q2*+3;2*+2;5*-2. The van der Waals surface area contributed by atoms with Crippen molar-refractivity contribution in [3.8, 4) is 0 Å². The summed E-state index contributed by atoms with van der Waals surface area (Å²) in [5.41, 5.74) is 0. The van der Waals surface area contributed by atoms with Crippen molar-refractivity contribution in [3.63, 3.8) is 0 Å². The second-order valence-corrected chi connectivity index (χ2v) is 0. The third kappa shape index (κ3) is 171. The molecule has 0 atom stereocenters. The fraction of sp³-hybridized carbons (Fsp3) is 0. The van der Waals surface area contributed by atoms with E-state index in [-0.39, 0.29) is 96.2 Å². The van der Waals surface area contributed by atoms with Crippen molar-refractivity contribution < 1.29 is 61.5 Å². The molecule has 5 nitrogen and oxygen atoms in total. The Hall–Kier alpha value is 1.90. The number of hydrogen-bond acceptors (Lipinski definition) is 0. The van der Waals surface area contributed by atoms with Crippen molar-refractivity contribution in [1.82, 2.24) is 0 Å². The molecule has 9 heavy (non-hydrogen) atoms. The van der Waals surface area contributed by atoms with Crippen molar-refractivity contribution in [1.29, 1.82) is 0 Å². The predicted octanol–water partition coefficient (Wildman–Crippen LogP) is -1.36. The van der Waals surface area contributed by atoms with Crippen LogP contribution in [0.4, 0.5) is 0 Å². The zero-order valence-corrected chi connectivity index (χ0v) is 8.42. The van der Waals surface area contributed by atoms with Crippen LogP contribution in [0.1, 0.15) is 0 Å². The van der Waals surface area contributed by atoms with Gasteiger partial charge in [-0.1, -0.05) is 0 Å². The van der Waals surface area contributed by atoms with E-state index in [2.05, 4.69) is 0 Å². The summed E-state index contributed by atoms with van der Waals surface area (Å²) in [7, 11) is 0. The first-order valence-corrected chi connectivity index (χ1v) is 0. The SMILES string of the molecule is [Al+3].[Al+3].[Fe+2].[Fe+2].[O-2].[O-2].[O-2].[O-2].[O-2]. The average Bonchev–Trinajstić information content (AvgIpc) is 0. The number of rotatable bonds is 0. The summed E-state index contributed by atoms with van der Waals surface area (Å²) in [6.45, 7) is 0. The van der Waals surface area contributed by atoms with Gasteiger partial charge in [0.2, 0.25) is 0 Å². The average molecular weight is 246 g/mol. The van der Waals surface area contributed by atoms with E-state index in [0.717, 1.165) is 0 Å². The van der Waals surface area contributed by atoms with E-state index < -0.39 is 0 Å². The van der Waals surface area contributed by atoms with Gasteiger partial charge in [-0.3, -0.25) is 0 Å². The molecule has 52 valence electrons. The van der Waals surface area contributed by atoms with Crippen LogP contribution in [0, 0.1) is 0 Å². The van der Waals surface area contributed by atoms with Crippen LogP contribution in [-0.2, 0) is 61.5 Å². The Morgan fingerprint density at radius 2 is 0.333 bits per heavy atom. The minimum atomic E-state index is 0. The molecule has 0 unspecified atom stereocenters. The fourth-order valence-electron chi connectivity index (χ4n) is 0. The molecule has 0 N–H and O–H groups in total. The van der Waals surface area contributed by atoms with E-state index in [1.165, 1.54) is 0 Å². The molecule has 0 aromatic carbocycles. The Morgan fingerprint density at radius 1 is 0.333 bits per heavy atom. The van der Waals surface area contributed by atoms with Gasteiger partial charge < -0.3 is 27.4 Å². The maximum Gasteiger partial charge on any atom is 3.00 e. The monoisotopic (exact) mass is 246 g/mol.